The highest BCUT2D eigenvalue weighted by Crippen LogP contribution is 2.35. The van der Waals surface area contributed by atoms with Crippen molar-refractivity contribution in [1.29, 1.82) is 0 Å². The van der Waals surface area contributed by atoms with Crippen LogP contribution in [0, 0.1) is 0 Å². The first-order valence-electron chi connectivity index (χ1n) is 8.46. The SMILES string of the molecule is OCc1cccc(CN[C@@H]2CCCc3c2[nH]c2ccc(Br)cc32)c1. The molecule has 0 saturated carbocycles. The Labute approximate surface area is 150 Å². The van der Waals surface area contributed by atoms with Gasteiger partial charge >= 0.3 is 0 Å². The van der Waals surface area contributed by atoms with Crippen molar-refractivity contribution in [2.75, 3.05) is 0 Å². The predicted octanol–water partition coefficient (Wildman–Crippen LogP) is 4.59. The molecule has 1 aromatic heterocycles. The van der Waals surface area contributed by atoms with Crippen molar-refractivity contribution < 1.29 is 5.11 Å². The maximum absolute atomic E-state index is 9.28. The van der Waals surface area contributed by atoms with Crippen LogP contribution in [0.2, 0.25) is 0 Å². The molecule has 0 saturated heterocycles. The maximum atomic E-state index is 9.28. The first-order valence-corrected chi connectivity index (χ1v) is 9.26. The van der Waals surface area contributed by atoms with Crippen LogP contribution < -0.4 is 5.32 Å². The molecule has 0 spiro atoms. The Kier molecular flexibility index (Phi) is 4.44. The Balaban J connectivity index is 1.58. The van der Waals surface area contributed by atoms with Crippen molar-refractivity contribution in [1.82, 2.24) is 10.3 Å². The molecule has 3 N–H and O–H groups in total. The lowest BCUT2D eigenvalue weighted by molar-refractivity contribution is 0.281. The molecule has 0 amide bonds. The van der Waals surface area contributed by atoms with Gasteiger partial charge in [-0.2, -0.15) is 0 Å². The first kappa shape index (κ1) is 15.9. The van der Waals surface area contributed by atoms with Gasteiger partial charge in [-0.15, -0.1) is 0 Å². The summed E-state index contributed by atoms with van der Waals surface area (Å²) >= 11 is 3.59. The van der Waals surface area contributed by atoms with Gasteiger partial charge in [0.1, 0.15) is 0 Å². The van der Waals surface area contributed by atoms with Gasteiger partial charge in [-0.1, -0.05) is 40.2 Å². The van der Waals surface area contributed by atoms with Gasteiger partial charge in [0.25, 0.3) is 0 Å². The summed E-state index contributed by atoms with van der Waals surface area (Å²) in [5, 5.41) is 14.3. The summed E-state index contributed by atoms with van der Waals surface area (Å²) in [5.41, 5.74) is 6.20. The Morgan fingerprint density at radius 2 is 2.04 bits per heavy atom. The zero-order chi connectivity index (χ0) is 16.5. The normalized spacial score (nSPS) is 17.2. The minimum absolute atomic E-state index is 0.0955. The number of aromatic nitrogens is 1. The summed E-state index contributed by atoms with van der Waals surface area (Å²) in [5.74, 6) is 0. The van der Waals surface area contributed by atoms with Crippen LogP contribution in [0.5, 0.6) is 0 Å². The molecule has 0 unspecified atom stereocenters. The third kappa shape index (κ3) is 3.02. The molecule has 0 aliphatic heterocycles. The second-order valence-electron chi connectivity index (χ2n) is 6.51. The smallest absolute Gasteiger partial charge is 0.0681 e. The van der Waals surface area contributed by atoms with Crippen LogP contribution in [0.3, 0.4) is 0 Å². The number of hydrogen-bond donors (Lipinski definition) is 3. The van der Waals surface area contributed by atoms with E-state index >= 15 is 0 Å². The minimum Gasteiger partial charge on any atom is -0.392 e. The fourth-order valence-electron chi connectivity index (χ4n) is 3.72. The number of hydrogen-bond acceptors (Lipinski definition) is 2. The van der Waals surface area contributed by atoms with E-state index in [9.17, 15) is 5.11 Å². The van der Waals surface area contributed by atoms with Crippen molar-refractivity contribution in [3.05, 3.63) is 69.3 Å². The number of benzene rings is 2. The molecule has 4 heteroatoms. The highest BCUT2D eigenvalue weighted by molar-refractivity contribution is 9.10. The molecule has 1 aliphatic rings. The summed E-state index contributed by atoms with van der Waals surface area (Å²) in [4.78, 5) is 3.63. The molecule has 24 heavy (non-hydrogen) atoms. The van der Waals surface area contributed by atoms with Gasteiger partial charge in [-0.3, -0.25) is 0 Å². The Hall–Kier alpha value is -1.62. The summed E-state index contributed by atoms with van der Waals surface area (Å²) in [7, 11) is 0. The van der Waals surface area contributed by atoms with Gasteiger partial charge in [0, 0.05) is 33.7 Å². The number of halogens is 1. The van der Waals surface area contributed by atoms with Crippen LogP contribution in [0.1, 0.15) is 41.3 Å². The van der Waals surface area contributed by atoms with E-state index in [-0.39, 0.29) is 6.61 Å². The van der Waals surface area contributed by atoms with Crippen molar-refractivity contribution >= 4 is 26.8 Å². The van der Waals surface area contributed by atoms with E-state index in [1.165, 1.54) is 34.1 Å². The fraction of sp³-hybridized carbons (Fsp3) is 0.300. The molecular weight excluding hydrogens is 364 g/mol. The van der Waals surface area contributed by atoms with Gasteiger partial charge in [-0.25, -0.2) is 0 Å². The Morgan fingerprint density at radius 3 is 2.92 bits per heavy atom. The zero-order valence-corrected chi connectivity index (χ0v) is 15.1. The maximum Gasteiger partial charge on any atom is 0.0681 e. The lowest BCUT2D eigenvalue weighted by atomic mass is 9.91. The number of rotatable bonds is 4. The van der Waals surface area contributed by atoms with E-state index in [0.29, 0.717) is 6.04 Å². The van der Waals surface area contributed by atoms with Gasteiger partial charge in [0.15, 0.2) is 0 Å². The van der Waals surface area contributed by atoms with Gasteiger partial charge in [0.05, 0.1) is 6.61 Å². The first-order chi connectivity index (χ1) is 11.7. The average molecular weight is 385 g/mol. The zero-order valence-electron chi connectivity index (χ0n) is 13.5. The number of nitrogens with one attached hydrogen (secondary N) is 2. The Morgan fingerprint density at radius 1 is 1.17 bits per heavy atom. The van der Waals surface area contributed by atoms with Crippen LogP contribution in [0.25, 0.3) is 10.9 Å². The standard InChI is InChI=1S/C20H21BrN2O/c21-15-7-8-18-17(10-15)16-5-2-6-19(20(16)23-18)22-11-13-3-1-4-14(9-13)12-24/h1,3-4,7-10,19,22-24H,2,5-6,11-12H2/t19-/m1/s1. The summed E-state index contributed by atoms with van der Waals surface area (Å²) < 4.78 is 1.13. The molecule has 1 heterocycles. The van der Waals surface area contributed by atoms with Crippen LogP contribution >= 0.6 is 15.9 Å². The topological polar surface area (TPSA) is 48.0 Å². The van der Waals surface area contributed by atoms with E-state index in [0.717, 1.165) is 29.4 Å². The van der Waals surface area contributed by atoms with Crippen LogP contribution in [-0.2, 0) is 19.6 Å². The van der Waals surface area contributed by atoms with Crippen molar-refractivity contribution in [2.45, 2.75) is 38.5 Å². The third-order valence-corrected chi connectivity index (χ3v) is 5.39. The molecule has 1 atom stereocenters. The second kappa shape index (κ2) is 6.71. The lowest BCUT2D eigenvalue weighted by Gasteiger charge is -2.24. The number of H-pyrrole nitrogens is 1. The number of aryl methyl sites for hydroxylation is 1. The van der Waals surface area contributed by atoms with E-state index in [1.807, 2.05) is 12.1 Å². The fourth-order valence-corrected chi connectivity index (χ4v) is 4.08. The second-order valence-corrected chi connectivity index (χ2v) is 7.43. The van der Waals surface area contributed by atoms with Crippen LogP contribution in [-0.4, -0.2) is 10.1 Å². The van der Waals surface area contributed by atoms with E-state index in [1.54, 1.807) is 0 Å². The highest BCUT2D eigenvalue weighted by atomic mass is 79.9. The van der Waals surface area contributed by atoms with Crippen molar-refractivity contribution in [2.24, 2.45) is 0 Å². The molecule has 3 aromatic rings. The summed E-state index contributed by atoms with van der Waals surface area (Å²) in [6, 6.07) is 15.0. The number of fused-ring (bicyclic) bond motifs is 3. The average Bonchev–Trinajstić information content (AvgIpc) is 2.98. The van der Waals surface area contributed by atoms with E-state index < -0.39 is 0 Å². The lowest BCUT2D eigenvalue weighted by Crippen LogP contribution is -2.24. The largest absolute Gasteiger partial charge is 0.392 e. The molecule has 3 nitrogen and oxygen atoms in total. The number of aliphatic hydroxyl groups is 1. The molecule has 124 valence electrons. The molecule has 0 bridgehead atoms. The van der Waals surface area contributed by atoms with Gasteiger partial charge < -0.3 is 15.4 Å². The molecular formula is C20H21BrN2O. The predicted molar refractivity (Wildman–Crippen MR) is 101 cm³/mol. The molecule has 1 aliphatic carbocycles. The quantitative estimate of drug-likeness (QED) is 0.615. The van der Waals surface area contributed by atoms with Gasteiger partial charge in [0.2, 0.25) is 0 Å². The molecule has 2 aromatic carbocycles. The Bertz CT molecular complexity index is 871. The highest BCUT2D eigenvalue weighted by Gasteiger charge is 2.23. The van der Waals surface area contributed by atoms with Crippen molar-refractivity contribution in [3.63, 3.8) is 0 Å². The number of aromatic amines is 1. The van der Waals surface area contributed by atoms with E-state index in [2.05, 4.69) is 56.6 Å². The van der Waals surface area contributed by atoms with Crippen LogP contribution in [0.4, 0.5) is 0 Å². The molecule has 0 fully saturated rings. The summed E-state index contributed by atoms with van der Waals surface area (Å²) in [6.45, 7) is 0.912. The minimum atomic E-state index is 0.0955. The monoisotopic (exact) mass is 384 g/mol. The van der Waals surface area contributed by atoms with Crippen LogP contribution in [0.15, 0.2) is 46.9 Å². The third-order valence-electron chi connectivity index (χ3n) is 4.90. The number of aliphatic hydroxyl groups excluding tert-OH is 1. The summed E-state index contributed by atoms with van der Waals surface area (Å²) in [6.07, 6.45) is 3.51. The van der Waals surface area contributed by atoms with Crippen molar-refractivity contribution in [3.8, 4) is 0 Å². The molecule has 0 radical (unpaired) electrons. The molecule has 4 rings (SSSR count). The van der Waals surface area contributed by atoms with E-state index in [4.69, 9.17) is 0 Å². The van der Waals surface area contributed by atoms with Gasteiger partial charge in [-0.05, 0) is 54.2 Å².